The summed E-state index contributed by atoms with van der Waals surface area (Å²) in [6.07, 6.45) is 1.86. The van der Waals surface area contributed by atoms with Crippen molar-refractivity contribution < 1.29 is 9.53 Å². The van der Waals surface area contributed by atoms with Crippen molar-refractivity contribution in [2.45, 2.75) is 33.6 Å². The molecule has 0 N–H and O–H groups in total. The molecule has 0 atom stereocenters. The normalized spacial score (nSPS) is 17.1. The monoisotopic (exact) mass is 258 g/mol. The first kappa shape index (κ1) is 11.5. The standard InChI is InChI=1S/C11H15BrO2/c1-4-9-5-7(2)11(10(13)6-12)14-8(9)3/h4-6H2,1-3H3. The van der Waals surface area contributed by atoms with Crippen molar-refractivity contribution in [3.8, 4) is 0 Å². The highest BCUT2D eigenvalue weighted by Crippen LogP contribution is 2.29. The van der Waals surface area contributed by atoms with Gasteiger partial charge < -0.3 is 4.74 Å². The molecule has 0 saturated heterocycles. The van der Waals surface area contributed by atoms with Gasteiger partial charge in [0.1, 0.15) is 5.76 Å². The second kappa shape index (κ2) is 4.78. The van der Waals surface area contributed by atoms with Gasteiger partial charge in [0.15, 0.2) is 5.76 Å². The van der Waals surface area contributed by atoms with Crippen LogP contribution in [-0.2, 0) is 9.53 Å². The van der Waals surface area contributed by atoms with E-state index in [2.05, 4.69) is 22.9 Å². The maximum atomic E-state index is 11.5. The number of hydrogen-bond donors (Lipinski definition) is 0. The number of allylic oxidation sites excluding steroid dienone is 4. The lowest BCUT2D eigenvalue weighted by Crippen LogP contribution is -2.14. The number of ketones is 1. The first-order valence-corrected chi connectivity index (χ1v) is 5.87. The Labute approximate surface area is 93.1 Å². The van der Waals surface area contributed by atoms with Crippen LogP contribution in [0.5, 0.6) is 0 Å². The number of hydrogen-bond acceptors (Lipinski definition) is 2. The van der Waals surface area contributed by atoms with Crippen LogP contribution in [0, 0.1) is 0 Å². The average molecular weight is 259 g/mol. The van der Waals surface area contributed by atoms with E-state index in [9.17, 15) is 4.79 Å². The van der Waals surface area contributed by atoms with E-state index in [1.807, 2.05) is 13.8 Å². The van der Waals surface area contributed by atoms with E-state index in [-0.39, 0.29) is 5.78 Å². The van der Waals surface area contributed by atoms with Gasteiger partial charge in [-0.05, 0) is 37.8 Å². The van der Waals surface area contributed by atoms with Crippen molar-refractivity contribution in [3.63, 3.8) is 0 Å². The van der Waals surface area contributed by atoms with Crippen molar-refractivity contribution in [1.29, 1.82) is 0 Å². The number of ether oxygens (including phenoxy) is 1. The zero-order valence-electron chi connectivity index (χ0n) is 8.82. The minimum Gasteiger partial charge on any atom is -0.458 e. The number of carbonyl (C=O) groups is 1. The summed E-state index contributed by atoms with van der Waals surface area (Å²) in [5.74, 6) is 1.44. The van der Waals surface area contributed by atoms with Gasteiger partial charge in [-0.25, -0.2) is 0 Å². The third kappa shape index (κ3) is 2.27. The summed E-state index contributed by atoms with van der Waals surface area (Å²) in [6, 6.07) is 0. The summed E-state index contributed by atoms with van der Waals surface area (Å²) in [4.78, 5) is 11.5. The maximum absolute atomic E-state index is 11.5. The molecule has 0 spiro atoms. The Balaban J connectivity index is 2.88. The summed E-state index contributed by atoms with van der Waals surface area (Å²) < 4.78 is 5.53. The molecule has 0 saturated carbocycles. The first-order valence-electron chi connectivity index (χ1n) is 4.75. The predicted molar refractivity (Wildman–Crippen MR) is 60.2 cm³/mol. The van der Waals surface area contributed by atoms with E-state index in [0.29, 0.717) is 11.1 Å². The van der Waals surface area contributed by atoms with Crippen LogP contribution in [0.2, 0.25) is 0 Å². The molecular formula is C11H15BrO2. The summed E-state index contributed by atoms with van der Waals surface area (Å²) in [5.41, 5.74) is 2.32. The smallest absolute Gasteiger partial charge is 0.208 e. The Kier molecular flexibility index (Phi) is 3.93. The van der Waals surface area contributed by atoms with Gasteiger partial charge in [0.25, 0.3) is 0 Å². The number of alkyl halides is 1. The Bertz CT molecular complexity index is 313. The van der Waals surface area contributed by atoms with E-state index >= 15 is 0 Å². The number of rotatable bonds is 3. The Hall–Kier alpha value is -0.570. The molecule has 3 heteroatoms. The first-order chi connectivity index (χ1) is 6.60. The van der Waals surface area contributed by atoms with Crippen molar-refractivity contribution >= 4 is 21.7 Å². The van der Waals surface area contributed by atoms with Gasteiger partial charge in [-0.15, -0.1) is 0 Å². The molecule has 1 heterocycles. The van der Waals surface area contributed by atoms with Crippen molar-refractivity contribution in [1.82, 2.24) is 0 Å². The molecule has 1 rings (SSSR count). The highest BCUT2D eigenvalue weighted by molar-refractivity contribution is 9.09. The molecule has 0 radical (unpaired) electrons. The van der Waals surface area contributed by atoms with Crippen LogP contribution in [0.1, 0.15) is 33.6 Å². The minimum atomic E-state index is 0.0250. The average Bonchev–Trinajstić information content (AvgIpc) is 2.19. The van der Waals surface area contributed by atoms with E-state index in [1.54, 1.807) is 0 Å². The SMILES string of the molecule is CCC1=C(C)OC(C(=O)CBr)=C(C)C1. The molecule has 0 amide bonds. The molecule has 1 aliphatic heterocycles. The fraction of sp³-hybridized carbons (Fsp3) is 0.545. The number of halogens is 1. The lowest BCUT2D eigenvalue weighted by molar-refractivity contribution is -0.116. The van der Waals surface area contributed by atoms with Crippen LogP contribution >= 0.6 is 15.9 Å². The quantitative estimate of drug-likeness (QED) is 0.726. The summed E-state index contributed by atoms with van der Waals surface area (Å²) in [6.45, 7) is 5.98. The second-order valence-electron chi connectivity index (χ2n) is 3.46. The molecule has 0 unspecified atom stereocenters. The van der Waals surface area contributed by atoms with Gasteiger partial charge in [-0.2, -0.15) is 0 Å². The molecule has 2 nitrogen and oxygen atoms in total. The van der Waals surface area contributed by atoms with Crippen molar-refractivity contribution in [2.75, 3.05) is 5.33 Å². The van der Waals surface area contributed by atoms with Crippen LogP contribution in [0.3, 0.4) is 0 Å². The van der Waals surface area contributed by atoms with Crippen LogP contribution in [0.15, 0.2) is 22.7 Å². The maximum Gasteiger partial charge on any atom is 0.208 e. The summed E-state index contributed by atoms with van der Waals surface area (Å²) in [7, 11) is 0. The molecule has 1 aliphatic rings. The molecule has 14 heavy (non-hydrogen) atoms. The predicted octanol–water partition coefficient (Wildman–Crippen LogP) is 3.33. The van der Waals surface area contributed by atoms with Crippen LogP contribution < -0.4 is 0 Å². The molecule has 0 bridgehead atoms. The van der Waals surface area contributed by atoms with Crippen molar-refractivity contribution in [3.05, 3.63) is 22.7 Å². The van der Waals surface area contributed by atoms with E-state index in [0.717, 1.165) is 24.2 Å². The van der Waals surface area contributed by atoms with Gasteiger partial charge in [0.2, 0.25) is 5.78 Å². The summed E-state index contributed by atoms with van der Waals surface area (Å²) in [5, 5.41) is 0.328. The van der Waals surface area contributed by atoms with Crippen LogP contribution in [0.4, 0.5) is 0 Å². The molecule has 0 aromatic rings. The molecular weight excluding hydrogens is 244 g/mol. The van der Waals surface area contributed by atoms with Crippen LogP contribution in [0.25, 0.3) is 0 Å². The van der Waals surface area contributed by atoms with Crippen LogP contribution in [-0.4, -0.2) is 11.1 Å². The van der Waals surface area contributed by atoms with Gasteiger partial charge >= 0.3 is 0 Å². The highest BCUT2D eigenvalue weighted by atomic mass is 79.9. The van der Waals surface area contributed by atoms with Crippen molar-refractivity contribution in [2.24, 2.45) is 0 Å². The highest BCUT2D eigenvalue weighted by Gasteiger charge is 2.20. The topological polar surface area (TPSA) is 26.3 Å². The zero-order valence-corrected chi connectivity index (χ0v) is 10.4. The second-order valence-corrected chi connectivity index (χ2v) is 4.02. The molecule has 0 aliphatic carbocycles. The minimum absolute atomic E-state index is 0.0250. The fourth-order valence-electron chi connectivity index (χ4n) is 1.57. The van der Waals surface area contributed by atoms with E-state index in [4.69, 9.17) is 4.74 Å². The third-order valence-corrected chi connectivity index (χ3v) is 2.93. The van der Waals surface area contributed by atoms with Gasteiger partial charge in [0.05, 0.1) is 5.33 Å². The fourth-order valence-corrected chi connectivity index (χ4v) is 1.82. The van der Waals surface area contributed by atoms with E-state index in [1.165, 1.54) is 5.57 Å². The van der Waals surface area contributed by atoms with Gasteiger partial charge in [0, 0.05) is 0 Å². The molecule has 0 aromatic heterocycles. The third-order valence-electron chi connectivity index (χ3n) is 2.42. The zero-order chi connectivity index (χ0) is 10.7. The number of carbonyl (C=O) groups excluding carboxylic acids is 1. The lowest BCUT2D eigenvalue weighted by atomic mass is 9.99. The summed E-state index contributed by atoms with van der Waals surface area (Å²) >= 11 is 3.15. The number of Topliss-reactive ketones (excluding diaryl/α,β-unsaturated/α-hetero) is 1. The van der Waals surface area contributed by atoms with Gasteiger partial charge in [-0.1, -0.05) is 22.9 Å². The Morgan fingerprint density at radius 1 is 1.50 bits per heavy atom. The van der Waals surface area contributed by atoms with E-state index < -0.39 is 0 Å². The molecule has 0 fully saturated rings. The Morgan fingerprint density at radius 3 is 2.64 bits per heavy atom. The van der Waals surface area contributed by atoms with Gasteiger partial charge in [-0.3, -0.25) is 4.79 Å². The lowest BCUT2D eigenvalue weighted by Gasteiger charge is -2.21. The largest absolute Gasteiger partial charge is 0.458 e. The molecule has 78 valence electrons. The Morgan fingerprint density at radius 2 is 2.14 bits per heavy atom. The molecule has 0 aromatic carbocycles.